The molecule has 0 bridgehead atoms. The Labute approximate surface area is 188 Å². The average Bonchev–Trinajstić information content (AvgIpc) is 3.09. The van der Waals surface area contributed by atoms with Crippen LogP contribution in [0.1, 0.15) is 14.5 Å². The Kier molecular flexibility index (Phi) is 6.65. The molecule has 164 valence electrons. The fourth-order valence-corrected chi connectivity index (χ4v) is 4.82. The number of halogens is 2. The number of thiophene rings is 1. The zero-order chi connectivity index (χ0) is 22.9. The van der Waals surface area contributed by atoms with E-state index in [1.165, 1.54) is 42.6 Å². The van der Waals surface area contributed by atoms with Gasteiger partial charge in [0.25, 0.3) is 5.91 Å². The molecule has 11 heteroatoms. The maximum absolute atomic E-state index is 14.6. The van der Waals surface area contributed by atoms with Crippen molar-refractivity contribution in [3.8, 4) is 11.3 Å². The van der Waals surface area contributed by atoms with Gasteiger partial charge in [-0.15, -0.1) is 11.3 Å². The molecule has 0 radical (unpaired) electrons. The van der Waals surface area contributed by atoms with E-state index in [1.54, 1.807) is 38.2 Å². The third-order valence-electron chi connectivity index (χ3n) is 4.45. The molecule has 2 heterocycles. The van der Waals surface area contributed by atoms with Crippen LogP contribution in [0.4, 0.5) is 15.8 Å². The molecule has 0 fully saturated rings. The van der Waals surface area contributed by atoms with E-state index < -0.39 is 21.7 Å². The van der Waals surface area contributed by atoms with E-state index in [9.17, 15) is 17.6 Å². The zero-order valence-electron chi connectivity index (χ0n) is 17.2. The molecule has 1 aromatic carbocycles. The summed E-state index contributed by atoms with van der Waals surface area (Å²) in [4.78, 5) is 19.7. The molecule has 1 amide bonds. The minimum Gasteiger partial charge on any atom is -0.376 e. The van der Waals surface area contributed by atoms with E-state index in [2.05, 4.69) is 15.0 Å². The van der Waals surface area contributed by atoms with Crippen molar-refractivity contribution in [2.24, 2.45) is 0 Å². The molecule has 7 nitrogen and oxygen atoms in total. The third-order valence-corrected chi connectivity index (χ3v) is 7.11. The van der Waals surface area contributed by atoms with Crippen molar-refractivity contribution in [3.63, 3.8) is 0 Å². The summed E-state index contributed by atoms with van der Waals surface area (Å²) < 4.78 is 40.9. The molecule has 0 saturated carbocycles. The van der Waals surface area contributed by atoms with Crippen molar-refractivity contribution in [3.05, 3.63) is 57.1 Å². The van der Waals surface area contributed by atoms with E-state index in [1.807, 2.05) is 0 Å². The quantitative estimate of drug-likeness (QED) is 0.551. The highest BCUT2D eigenvalue weighted by Crippen LogP contribution is 2.33. The summed E-state index contributed by atoms with van der Waals surface area (Å²) in [6.45, 7) is 1.77. The van der Waals surface area contributed by atoms with Gasteiger partial charge in [-0.3, -0.25) is 9.78 Å². The Morgan fingerprint density at radius 3 is 2.52 bits per heavy atom. The van der Waals surface area contributed by atoms with Gasteiger partial charge in [-0.25, -0.2) is 17.5 Å². The summed E-state index contributed by atoms with van der Waals surface area (Å²) in [6, 6.07) is 6.97. The largest absolute Gasteiger partial charge is 0.376 e. The van der Waals surface area contributed by atoms with Crippen LogP contribution in [0.5, 0.6) is 0 Å². The smallest absolute Gasteiger partial charge is 0.265 e. The van der Waals surface area contributed by atoms with E-state index in [4.69, 9.17) is 11.6 Å². The van der Waals surface area contributed by atoms with Crippen LogP contribution in [0.15, 0.2) is 41.4 Å². The van der Waals surface area contributed by atoms with Crippen LogP contribution >= 0.6 is 22.9 Å². The van der Waals surface area contributed by atoms with Crippen molar-refractivity contribution >= 4 is 50.2 Å². The molecular formula is C20H20ClFN4O3S2. The summed E-state index contributed by atoms with van der Waals surface area (Å²) in [6.07, 6.45) is 1.56. The maximum atomic E-state index is 14.6. The molecular weight excluding hydrogens is 463 g/mol. The monoisotopic (exact) mass is 482 g/mol. The first-order valence-corrected chi connectivity index (χ1v) is 11.7. The lowest BCUT2D eigenvalue weighted by atomic mass is 10.1. The summed E-state index contributed by atoms with van der Waals surface area (Å²) in [7, 11) is 1.13. The van der Waals surface area contributed by atoms with Crippen molar-refractivity contribution in [2.75, 3.05) is 31.4 Å². The van der Waals surface area contributed by atoms with Crippen LogP contribution < -0.4 is 14.9 Å². The number of pyridine rings is 1. The van der Waals surface area contributed by atoms with Gasteiger partial charge in [-0.05, 0) is 38.2 Å². The molecule has 3 aromatic rings. The van der Waals surface area contributed by atoms with Crippen LogP contribution in [-0.4, -0.2) is 40.5 Å². The lowest BCUT2D eigenvalue weighted by Gasteiger charge is -2.12. The third kappa shape index (κ3) is 5.04. The van der Waals surface area contributed by atoms with Crippen LogP contribution in [-0.2, 0) is 10.0 Å². The molecule has 0 spiro atoms. The highest BCUT2D eigenvalue weighted by Gasteiger charge is 2.19. The minimum absolute atomic E-state index is 0.0758. The summed E-state index contributed by atoms with van der Waals surface area (Å²) in [5.74, 6) is -0.962. The number of carbonyl (C=O) groups is 1. The van der Waals surface area contributed by atoms with Gasteiger partial charge < -0.3 is 10.2 Å². The number of anilines is 2. The highest BCUT2D eigenvalue weighted by molar-refractivity contribution is 7.89. The fourth-order valence-electron chi connectivity index (χ4n) is 2.80. The SMILES string of the molecule is CNS(=O)(=O)c1cc(Cl)cc(NC(=O)c2cc(-c3ncc(N(C)C)cc3F)c(C)s2)c1. The number of hydrogen-bond acceptors (Lipinski definition) is 6. The number of sulfonamides is 1. The molecule has 31 heavy (non-hydrogen) atoms. The van der Waals surface area contributed by atoms with E-state index in [0.717, 1.165) is 4.88 Å². The second-order valence-corrected chi connectivity index (χ2v) is 10.4. The second-order valence-electron chi connectivity index (χ2n) is 6.84. The molecule has 2 aromatic heterocycles. The predicted octanol–water partition coefficient (Wildman–Crippen LogP) is 4.14. The van der Waals surface area contributed by atoms with Crippen molar-refractivity contribution in [1.29, 1.82) is 0 Å². The number of rotatable bonds is 6. The minimum atomic E-state index is -3.73. The number of aromatic nitrogens is 1. The average molecular weight is 483 g/mol. The number of carbonyl (C=O) groups excluding carboxylic acids is 1. The Morgan fingerprint density at radius 2 is 1.90 bits per heavy atom. The van der Waals surface area contributed by atoms with E-state index >= 15 is 0 Å². The number of nitrogens with one attached hydrogen (secondary N) is 2. The molecule has 3 rings (SSSR count). The fraction of sp³-hybridized carbons (Fsp3) is 0.200. The standard InChI is InChI=1S/C20H20ClFN4O3S2/c1-11-16(19-17(22)8-14(10-24-19)26(3)4)9-18(30-11)20(27)25-13-5-12(21)6-15(7-13)31(28,29)23-2/h5-10,23H,1-4H3,(H,25,27). The first kappa shape index (κ1) is 23.1. The number of hydrogen-bond donors (Lipinski definition) is 2. The van der Waals surface area contributed by atoms with Gasteiger partial charge in [-0.2, -0.15) is 0 Å². The summed E-state index contributed by atoms with van der Waals surface area (Å²) in [5.41, 5.74) is 1.52. The Hall–Kier alpha value is -2.53. The Morgan fingerprint density at radius 1 is 1.19 bits per heavy atom. The lowest BCUT2D eigenvalue weighted by molar-refractivity contribution is 0.103. The van der Waals surface area contributed by atoms with Gasteiger partial charge in [0.2, 0.25) is 10.0 Å². The zero-order valence-corrected chi connectivity index (χ0v) is 19.5. The molecule has 0 saturated heterocycles. The molecule has 0 aliphatic rings. The molecule has 2 N–H and O–H groups in total. The number of aryl methyl sites for hydroxylation is 1. The van der Waals surface area contributed by atoms with Gasteiger partial charge in [0.05, 0.1) is 21.7 Å². The van der Waals surface area contributed by atoms with Crippen LogP contribution in [0.2, 0.25) is 5.02 Å². The molecule has 0 unspecified atom stereocenters. The predicted molar refractivity (Wildman–Crippen MR) is 122 cm³/mol. The van der Waals surface area contributed by atoms with Crippen LogP contribution in [0.3, 0.4) is 0 Å². The second kappa shape index (κ2) is 8.91. The molecule has 0 aliphatic heterocycles. The first-order chi connectivity index (χ1) is 14.5. The number of benzene rings is 1. The molecule has 0 atom stereocenters. The van der Waals surface area contributed by atoms with Crippen molar-refractivity contribution < 1.29 is 17.6 Å². The van der Waals surface area contributed by atoms with Crippen molar-refractivity contribution in [2.45, 2.75) is 11.8 Å². The van der Waals surface area contributed by atoms with Crippen molar-refractivity contribution in [1.82, 2.24) is 9.71 Å². The Balaban J connectivity index is 1.90. The normalized spacial score (nSPS) is 11.4. The highest BCUT2D eigenvalue weighted by atomic mass is 35.5. The lowest BCUT2D eigenvalue weighted by Crippen LogP contribution is -2.19. The van der Waals surface area contributed by atoms with Crippen LogP contribution in [0, 0.1) is 12.7 Å². The van der Waals surface area contributed by atoms with Gasteiger partial charge in [0.1, 0.15) is 5.69 Å². The van der Waals surface area contributed by atoms with Gasteiger partial charge in [0.15, 0.2) is 5.82 Å². The topological polar surface area (TPSA) is 91.4 Å². The number of nitrogens with zero attached hydrogens (tertiary/aromatic N) is 2. The molecule has 0 aliphatic carbocycles. The first-order valence-electron chi connectivity index (χ1n) is 9.01. The van der Waals surface area contributed by atoms with E-state index in [-0.39, 0.29) is 21.3 Å². The van der Waals surface area contributed by atoms with Gasteiger partial charge in [0, 0.05) is 41.3 Å². The summed E-state index contributed by atoms with van der Waals surface area (Å²) >= 11 is 7.19. The van der Waals surface area contributed by atoms with E-state index in [0.29, 0.717) is 16.1 Å². The van der Waals surface area contributed by atoms with Gasteiger partial charge in [-0.1, -0.05) is 11.6 Å². The summed E-state index contributed by atoms with van der Waals surface area (Å²) in [5, 5.41) is 2.79. The Bertz CT molecular complexity index is 1260. The van der Waals surface area contributed by atoms with Crippen LogP contribution in [0.25, 0.3) is 11.3 Å². The number of amides is 1. The maximum Gasteiger partial charge on any atom is 0.265 e. The van der Waals surface area contributed by atoms with Gasteiger partial charge >= 0.3 is 0 Å².